The lowest BCUT2D eigenvalue weighted by molar-refractivity contribution is -0.0659. The van der Waals surface area contributed by atoms with Crippen LogP contribution in [0.25, 0.3) is 0 Å². The second-order valence-corrected chi connectivity index (χ2v) is 5.70. The Morgan fingerprint density at radius 1 is 1.43 bits per heavy atom. The van der Waals surface area contributed by atoms with Crippen molar-refractivity contribution in [3.05, 3.63) is 53.2 Å². The third-order valence-corrected chi connectivity index (χ3v) is 3.70. The van der Waals surface area contributed by atoms with E-state index < -0.39 is 41.9 Å². The Labute approximate surface area is 157 Å². The number of amidine groups is 1. The second kappa shape index (κ2) is 8.34. The number of aromatic nitrogens is 2. The summed E-state index contributed by atoms with van der Waals surface area (Å²) in [5, 5.41) is 17.9. The predicted molar refractivity (Wildman–Crippen MR) is 92.3 cm³/mol. The Balaban J connectivity index is 2.20. The van der Waals surface area contributed by atoms with E-state index in [1.807, 2.05) is 6.07 Å². The quantitative estimate of drug-likeness (QED) is 0.510. The average Bonchev–Trinajstić information content (AvgIpc) is 2.67. The van der Waals surface area contributed by atoms with Crippen LogP contribution in [-0.4, -0.2) is 34.4 Å². The van der Waals surface area contributed by atoms with E-state index in [1.165, 1.54) is 18.3 Å². The van der Waals surface area contributed by atoms with Crippen LogP contribution in [0.3, 0.4) is 0 Å². The number of hydrogen-bond donors (Lipinski definition) is 3. The minimum absolute atomic E-state index is 0.0417. The molecular weight excluding hydrogens is 377 g/mol. The van der Waals surface area contributed by atoms with Gasteiger partial charge in [-0.2, -0.15) is 5.26 Å². The van der Waals surface area contributed by atoms with Gasteiger partial charge < -0.3 is 15.8 Å². The molecule has 11 heteroatoms. The first kappa shape index (κ1) is 20.6. The molecule has 1 atom stereocenters. The molecule has 0 fully saturated rings. The van der Waals surface area contributed by atoms with Gasteiger partial charge in [-0.05, 0) is 24.3 Å². The summed E-state index contributed by atoms with van der Waals surface area (Å²) in [4.78, 5) is 19.7. The van der Waals surface area contributed by atoms with Gasteiger partial charge in [-0.1, -0.05) is 6.92 Å². The molecule has 0 unspecified atom stereocenters. The van der Waals surface area contributed by atoms with Crippen LogP contribution < -0.4 is 11.1 Å². The zero-order chi connectivity index (χ0) is 20.9. The van der Waals surface area contributed by atoms with Crippen molar-refractivity contribution >= 4 is 17.7 Å². The molecule has 2 aromatic rings. The van der Waals surface area contributed by atoms with E-state index in [2.05, 4.69) is 20.0 Å². The molecule has 0 radical (unpaired) electrons. The van der Waals surface area contributed by atoms with E-state index in [1.54, 1.807) is 0 Å². The van der Waals surface area contributed by atoms with Crippen molar-refractivity contribution in [3.8, 4) is 6.07 Å². The molecule has 0 saturated carbocycles. The van der Waals surface area contributed by atoms with Crippen LogP contribution in [-0.2, 0) is 4.74 Å². The van der Waals surface area contributed by atoms with Crippen molar-refractivity contribution in [2.75, 3.05) is 11.9 Å². The standard InChI is InChI=1S/C17H15F3N6O2/c1-9(17(19,20)8-28-16(22)23)14-11(18)3-5-13(25-14)26-15(27)12-4-2-10(6-21)7-24-12/h2-5,7,9H,8H2,1H3,(H3,22,23)(H,25,26,27)/t9-/m0/s1. The number of carbonyl (C=O) groups excluding carboxylic acids is 1. The van der Waals surface area contributed by atoms with Crippen molar-refractivity contribution in [3.63, 3.8) is 0 Å². The van der Waals surface area contributed by atoms with Gasteiger partial charge in [0.2, 0.25) is 0 Å². The number of amides is 1. The summed E-state index contributed by atoms with van der Waals surface area (Å²) in [6.45, 7) is -0.195. The van der Waals surface area contributed by atoms with Crippen LogP contribution in [0.2, 0.25) is 0 Å². The number of nitriles is 1. The van der Waals surface area contributed by atoms with E-state index in [0.29, 0.717) is 0 Å². The maximum atomic E-state index is 14.2. The first-order valence-corrected chi connectivity index (χ1v) is 7.82. The van der Waals surface area contributed by atoms with E-state index in [9.17, 15) is 18.0 Å². The largest absolute Gasteiger partial charge is 0.459 e. The Morgan fingerprint density at radius 3 is 2.71 bits per heavy atom. The fourth-order valence-electron chi connectivity index (χ4n) is 2.10. The molecular formula is C17H15F3N6O2. The van der Waals surface area contributed by atoms with Crippen LogP contribution in [0, 0.1) is 22.6 Å². The van der Waals surface area contributed by atoms with Crippen molar-refractivity contribution in [2.45, 2.75) is 18.8 Å². The zero-order valence-electron chi connectivity index (χ0n) is 14.5. The lowest BCUT2D eigenvalue weighted by Gasteiger charge is -2.23. The summed E-state index contributed by atoms with van der Waals surface area (Å²) < 4.78 is 46.7. The molecule has 2 rings (SSSR count). The Morgan fingerprint density at radius 2 is 2.14 bits per heavy atom. The van der Waals surface area contributed by atoms with E-state index >= 15 is 0 Å². The number of nitrogens with one attached hydrogen (secondary N) is 2. The SMILES string of the molecule is C[C@@H](c1nc(NC(=O)c2ccc(C#N)cn2)ccc1F)C(F)(F)COC(=N)N. The van der Waals surface area contributed by atoms with Gasteiger partial charge in [0.15, 0.2) is 6.61 Å². The molecule has 2 aromatic heterocycles. The van der Waals surface area contributed by atoms with Gasteiger partial charge in [0.25, 0.3) is 17.9 Å². The van der Waals surface area contributed by atoms with Gasteiger partial charge in [0.1, 0.15) is 23.4 Å². The number of alkyl halides is 2. The van der Waals surface area contributed by atoms with E-state index in [0.717, 1.165) is 19.1 Å². The number of nitrogens with zero attached hydrogens (tertiary/aromatic N) is 3. The smallest absolute Gasteiger partial charge is 0.289 e. The first-order chi connectivity index (χ1) is 13.1. The fourth-order valence-corrected chi connectivity index (χ4v) is 2.10. The van der Waals surface area contributed by atoms with Crippen molar-refractivity contribution in [1.29, 1.82) is 10.7 Å². The first-order valence-electron chi connectivity index (χ1n) is 7.82. The average molecular weight is 392 g/mol. The van der Waals surface area contributed by atoms with Gasteiger partial charge in [-0.15, -0.1) is 0 Å². The highest BCUT2D eigenvalue weighted by Crippen LogP contribution is 2.34. The molecule has 2 heterocycles. The van der Waals surface area contributed by atoms with Crippen molar-refractivity contribution < 1.29 is 22.7 Å². The summed E-state index contributed by atoms with van der Waals surface area (Å²) >= 11 is 0. The number of anilines is 1. The molecule has 0 aromatic carbocycles. The molecule has 0 aliphatic carbocycles. The van der Waals surface area contributed by atoms with Gasteiger partial charge >= 0.3 is 0 Å². The second-order valence-electron chi connectivity index (χ2n) is 5.70. The van der Waals surface area contributed by atoms with E-state index in [4.69, 9.17) is 16.4 Å². The summed E-state index contributed by atoms with van der Waals surface area (Å²) in [5.41, 5.74) is 4.50. The van der Waals surface area contributed by atoms with Crippen LogP contribution in [0.5, 0.6) is 0 Å². The lowest BCUT2D eigenvalue weighted by atomic mass is 9.99. The minimum atomic E-state index is -3.57. The van der Waals surface area contributed by atoms with E-state index in [-0.39, 0.29) is 17.1 Å². The highest BCUT2D eigenvalue weighted by Gasteiger charge is 2.41. The molecule has 8 nitrogen and oxygen atoms in total. The predicted octanol–water partition coefficient (Wildman–Crippen LogP) is 2.39. The summed E-state index contributed by atoms with van der Waals surface area (Å²) in [5.74, 6) is -7.17. The molecule has 1 amide bonds. The van der Waals surface area contributed by atoms with Gasteiger partial charge in [0.05, 0.1) is 17.2 Å². The Bertz CT molecular complexity index is 927. The Hall–Kier alpha value is -3.68. The molecule has 0 aliphatic rings. The summed E-state index contributed by atoms with van der Waals surface area (Å²) in [6.07, 6.45) is 1.19. The number of pyridine rings is 2. The lowest BCUT2D eigenvalue weighted by Crippen LogP contribution is -2.34. The van der Waals surface area contributed by atoms with Gasteiger partial charge in [-0.3, -0.25) is 10.2 Å². The number of hydrogen-bond acceptors (Lipinski definition) is 6. The van der Waals surface area contributed by atoms with Crippen LogP contribution in [0.4, 0.5) is 19.0 Å². The van der Waals surface area contributed by atoms with Crippen LogP contribution in [0.1, 0.15) is 34.6 Å². The number of carbonyl (C=O) groups is 1. The molecule has 0 saturated heterocycles. The third-order valence-electron chi connectivity index (χ3n) is 3.70. The highest BCUT2D eigenvalue weighted by molar-refractivity contribution is 6.02. The molecule has 0 bridgehead atoms. The minimum Gasteiger partial charge on any atom is -0.459 e. The number of ether oxygens (including phenoxy) is 1. The fraction of sp³-hybridized carbons (Fsp3) is 0.235. The third kappa shape index (κ3) is 4.94. The zero-order valence-corrected chi connectivity index (χ0v) is 14.5. The molecule has 0 aliphatic heterocycles. The number of nitrogens with two attached hydrogens (primary N) is 1. The maximum Gasteiger partial charge on any atom is 0.289 e. The maximum absolute atomic E-state index is 14.2. The molecule has 4 N–H and O–H groups in total. The summed E-state index contributed by atoms with van der Waals surface area (Å²) in [7, 11) is 0. The van der Waals surface area contributed by atoms with Crippen LogP contribution in [0.15, 0.2) is 30.5 Å². The molecule has 146 valence electrons. The van der Waals surface area contributed by atoms with Crippen molar-refractivity contribution in [1.82, 2.24) is 9.97 Å². The summed E-state index contributed by atoms with van der Waals surface area (Å²) in [6, 6.07) is 5.64. The van der Waals surface area contributed by atoms with Crippen LogP contribution >= 0.6 is 0 Å². The van der Waals surface area contributed by atoms with Gasteiger partial charge in [-0.25, -0.2) is 23.1 Å². The monoisotopic (exact) mass is 392 g/mol. The van der Waals surface area contributed by atoms with Gasteiger partial charge in [0, 0.05) is 6.20 Å². The number of halogens is 3. The molecule has 0 spiro atoms. The molecule has 28 heavy (non-hydrogen) atoms. The normalized spacial score (nSPS) is 12.0. The Kier molecular flexibility index (Phi) is 6.15. The number of rotatable bonds is 6. The topological polar surface area (TPSA) is 138 Å². The highest BCUT2D eigenvalue weighted by atomic mass is 19.3. The van der Waals surface area contributed by atoms with Crippen molar-refractivity contribution in [2.24, 2.45) is 5.73 Å².